The molecule has 3 rings (SSSR count). The van der Waals surface area contributed by atoms with Crippen LogP contribution in [0, 0.1) is 0 Å². The molecule has 2 heterocycles. The lowest BCUT2D eigenvalue weighted by molar-refractivity contribution is -0.124. The van der Waals surface area contributed by atoms with Crippen LogP contribution in [0.4, 0.5) is 5.69 Å². The monoisotopic (exact) mass is 386 g/mol. The number of nitrogens with zero attached hydrogens (tertiary/aromatic N) is 1. The van der Waals surface area contributed by atoms with Crippen LogP contribution in [-0.2, 0) is 25.5 Å². The summed E-state index contributed by atoms with van der Waals surface area (Å²) in [5, 5.41) is 4.66. The van der Waals surface area contributed by atoms with E-state index < -0.39 is 5.97 Å². The summed E-state index contributed by atoms with van der Waals surface area (Å²) >= 11 is 1.62. The number of anilines is 1. The molecule has 3 amide bonds. The van der Waals surface area contributed by atoms with Gasteiger partial charge >= 0.3 is 5.97 Å². The highest BCUT2D eigenvalue weighted by molar-refractivity contribution is 7.09. The molecule has 1 aliphatic heterocycles. The van der Waals surface area contributed by atoms with Crippen LogP contribution in [0.3, 0.4) is 0 Å². The Morgan fingerprint density at radius 1 is 1.07 bits per heavy atom. The first kappa shape index (κ1) is 18.8. The van der Waals surface area contributed by atoms with Gasteiger partial charge in [0.15, 0.2) is 6.61 Å². The summed E-state index contributed by atoms with van der Waals surface area (Å²) < 4.78 is 4.99. The molecule has 0 aliphatic carbocycles. The second-order valence-corrected chi connectivity index (χ2v) is 6.96. The van der Waals surface area contributed by atoms with Gasteiger partial charge < -0.3 is 10.1 Å². The molecule has 1 aromatic heterocycles. The highest BCUT2D eigenvalue weighted by Crippen LogP contribution is 2.22. The first-order valence-electron chi connectivity index (χ1n) is 8.46. The number of hydrogen-bond donors (Lipinski definition) is 1. The third-order valence-corrected chi connectivity index (χ3v) is 4.96. The molecular formula is C19H18N2O5S. The van der Waals surface area contributed by atoms with Crippen LogP contribution in [0.1, 0.15) is 28.1 Å². The van der Waals surface area contributed by atoms with E-state index in [1.807, 2.05) is 17.5 Å². The van der Waals surface area contributed by atoms with Crippen molar-refractivity contribution < 1.29 is 23.9 Å². The van der Waals surface area contributed by atoms with Crippen molar-refractivity contribution >= 4 is 40.7 Å². The molecule has 0 radical (unpaired) electrons. The predicted octanol–water partition coefficient (Wildman–Crippen LogP) is 1.92. The minimum atomic E-state index is -0.644. The Kier molecular flexibility index (Phi) is 5.97. The smallest absolute Gasteiger partial charge is 0.338 e. The van der Waals surface area contributed by atoms with E-state index in [9.17, 15) is 19.2 Å². The fraction of sp³-hybridized carbons (Fsp3) is 0.263. The summed E-state index contributed by atoms with van der Waals surface area (Å²) in [6.45, 7) is 0.109. The zero-order chi connectivity index (χ0) is 19.2. The van der Waals surface area contributed by atoms with E-state index in [1.165, 1.54) is 29.1 Å². The molecule has 0 unspecified atom stereocenters. The molecule has 140 valence electrons. The Labute approximate surface area is 159 Å². The number of imide groups is 1. The highest BCUT2D eigenvalue weighted by Gasteiger charge is 2.30. The Balaban J connectivity index is 1.45. The standard InChI is InChI=1S/C19H18N2O5S/c22-16(20-10-9-15-2-1-11-27-15)12-26-19(25)13-3-5-14(6-4-13)21-17(23)7-8-18(21)24/h1-6,11H,7-10,12H2,(H,20,22). The van der Waals surface area contributed by atoms with Crippen LogP contribution in [-0.4, -0.2) is 36.8 Å². The molecule has 1 saturated heterocycles. The lowest BCUT2D eigenvalue weighted by atomic mass is 10.2. The molecule has 1 fully saturated rings. The van der Waals surface area contributed by atoms with Gasteiger partial charge in [-0.25, -0.2) is 4.79 Å². The fourth-order valence-electron chi connectivity index (χ4n) is 2.66. The number of carbonyl (C=O) groups is 4. The first-order chi connectivity index (χ1) is 13.0. The molecule has 7 nitrogen and oxygen atoms in total. The van der Waals surface area contributed by atoms with E-state index in [1.54, 1.807) is 11.3 Å². The SMILES string of the molecule is O=C(COC(=O)c1ccc(N2C(=O)CCC2=O)cc1)NCCc1cccs1. The minimum Gasteiger partial charge on any atom is -0.452 e. The van der Waals surface area contributed by atoms with Crippen molar-refractivity contribution in [3.05, 3.63) is 52.2 Å². The lowest BCUT2D eigenvalue weighted by Gasteiger charge is -2.14. The van der Waals surface area contributed by atoms with Gasteiger partial charge in [0, 0.05) is 24.3 Å². The van der Waals surface area contributed by atoms with Crippen LogP contribution in [0.15, 0.2) is 41.8 Å². The van der Waals surface area contributed by atoms with Crippen LogP contribution >= 0.6 is 11.3 Å². The van der Waals surface area contributed by atoms with Crippen LogP contribution < -0.4 is 10.2 Å². The third kappa shape index (κ3) is 4.79. The summed E-state index contributed by atoms with van der Waals surface area (Å²) in [5.74, 6) is -1.53. The number of carbonyl (C=O) groups excluding carboxylic acids is 4. The second-order valence-electron chi connectivity index (χ2n) is 5.93. The molecule has 2 aromatic rings. The van der Waals surface area contributed by atoms with Crippen molar-refractivity contribution in [3.8, 4) is 0 Å². The van der Waals surface area contributed by atoms with Gasteiger partial charge in [-0.2, -0.15) is 0 Å². The zero-order valence-corrected chi connectivity index (χ0v) is 15.3. The molecule has 1 aliphatic rings. The average Bonchev–Trinajstić information content (AvgIpc) is 3.30. The first-order valence-corrected chi connectivity index (χ1v) is 9.34. The van der Waals surface area contributed by atoms with Crippen molar-refractivity contribution in [3.63, 3.8) is 0 Å². The molecule has 1 N–H and O–H groups in total. The summed E-state index contributed by atoms with van der Waals surface area (Å²) in [6, 6.07) is 9.89. The fourth-order valence-corrected chi connectivity index (χ4v) is 3.37. The number of amides is 3. The lowest BCUT2D eigenvalue weighted by Crippen LogP contribution is -2.30. The van der Waals surface area contributed by atoms with Gasteiger partial charge in [-0.05, 0) is 42.1 Å². The number of hydrogen-bond acceptors (Lipinski definition) is 6. The topological polar surface area (TPSA) is 92.8 Å². The van der Waals surface area contributed by atoms with Crippen LogP contribution in [0.5, 0.6) is 0 Å². The second kappa shape index (κ2) is 8.59. The van der Waals surface area contributed by atoms with Gasteiger partial charge in [0.25, 0.3) is 5.91 Å². The molecule has 1 aromatic carbocycles. The molecule has 0 atom stereocenters. The van der Waals surface area contributed by atoms with Gasteiger partial charge in [-0.3, -0.25) is 19.3 Å². The molecule has 0 spiro atoms. The van der Waals surface area contributed by atoms with Gasteiger partial charge in [-0.15, -0.1) is 11.3 Å². The number of thiophene rings is 1. The Morgan fingerprint density at radius 2 is 1.78 bits per heavy atom. The Bertz CT molecular complexity index is 829. The van der Waals surface area contributed by atoms with Crippen molar-refractivity contribution in [1.82, 2.24) is 5.32 Å². The van der Waals surface area contributed by atoms with Crippen molar-refractivity contribution in [2.45, 2.75) is 19.3 Å². The quantitative estimate of drug-likeness (QED) is 0.580. The maximum absolute atomic E-state index is 12.0. The molecular weight excluding hydrogens is 368 g/mol. The van der Waals surface area contributed by atoms with Crippen LogP contribution in [0.25, 0.3) is 0 Å². The Hall–Kier alpha value is -3.00. The van der Waals surface area contributed by atoms with E-state index in [-0.39, 0.29) is 42.7 Å². The number of ether oxygens (including phenoxy) is 1. The maximum atomic E-state index is 12.0. The summed E-state index contributed by atoms with van der Waals surface area (Å²) in [4.78, 5) is 49.5. The summed E-state index contributed by atoms with van der Waals surface area (Å²) in [7, 11) is 0. The zero-order valence-electron chi connectivity index (χ0n) is 14.5. The number of esters is 1. The molecule has 8 heteroatoms. The van der Waals surface area contributed by atoms with Crippen molar-refractivity contribution in [2.75, 3.05) is 18.1 Å². The number of nitrogens with one attached hydrogen (secondary N) is 1. The molecule has 0 saturated carbocycles. The highest BCUT2D eigenvalue weighted by atomic mass is 32.1. The van der Waals surface area contributed by atoms with E-state index >= 15 is 0 Å². The largest absolute Gasteiger partial charge is 0.452 e. The molecule has 0 bridgehead atoms. The van der Waals surface area contributed by atoms with Crippen molar-refractivity contribution in [1.29, 1.82) is 0 Å². The third-order valence-electron chi connectivity index (χ3n) is 4.02. The number of rotatable bonds is 7. The summed E-state index contributed by atoms with van der Waals surface area (Å²) in [5.41, 5.74) is 0.662. The Morgan fingerprint density at radius 3 is 2.41 bits per heavy atom. The molecule has 27 heavy (non-hydrogen) atoms. The van der Waals surface area contributed by atoms with E-state index in [2.05, 4.69) is 5.32 Å². The van der Waals surface area contributed by atoms with Crippen molar-refractivity contribution in [2.24, 2.45) is 0 Å². The summed E-state index contributed by atoms with van der Waals surface area (Å²) in [6.07, 6.45) is 1.13. The number of benzene rings is 1. The van der Waals surface area contributed by atoms with Gasteiger partial charge in [0.1, 0.15) is 0 Å². The minimum absolute atomic E-state index is 0.199. The van der Waals surface area contributed by atoms with Gasteiger partial charge in [0.05, 0.1) is 11.3 Å². The van der Waals surface area contributed by atoms with E-state index in [0.29, 0.717) is 12.2 Å². The van der Waals surface area contributed by atoms with Crippen LogP contribution in [0.2, 0.25) is 0 Å². The van der Waals surface area contributed by atoms with Gasteiger partial charge in [0.2, 0.25) is 11.8 Å². The predicted molar refractivity (Wildman–Crippen MR) is 99.5 cm³/mol. The van der Waals surface area contributed by atoms with Gasteiger partial charge in [-0.1, -0.05) is 6.07 Å². The average molecular weight is 386 g/mol. The van der Waals surface area contributed by atoms with E-state index in [0.717, 1.165) is 11.3 Å². The van der Waals surface area contributed by atoms with E-state index in [4.69, 9.17) is 4.74 Å². The normalized spacial score (nSPS) is 13.7. The maximum Gasteiger partial charge on any atom is 0.338 e.